The number of benzene rings is 2. The highest BCUT2D eigenvalue weighted by Gasteiger charge is 2.42. The minimum absolute atomic E-state index is 0.108. The maximum atomic E-state index is 15.3. The number of halogens is 1. The first kappa shape index (κ1) is 25.6. The SMILES string of the molecule is CCc1cccc(-c2c(F)cccc2C(O)(CCCNC(=O)O)C2CCCN(C(=O)CN)C2)c1. The average molecular weight is 472 g/mol. The van der Waals surface area contributed by atoms with Gasteiger partial charge in [0.05, 0.1) is 12.1 Å². The summed E-state index contributed by atoms with van der Waals surface area (Å²) in [5.74, 6) is -0.968. The monoisotopic (exact) mass is 471 g/mol. The molecular weight excluding hydrogens is 437 g/mol. The van der Waals surface area contributed by atoms with Crippen LogP contribution >= 0.6 is 0 Å². The predicted molar refractivity (Wildman–Crippen MR) is 129 cm³/mol. The van der Waals surface area contributed by atoms with Crippen molar-refractivity contribution in [2.24, 2.45) is 11.7 Å². The molecule has 0 bridgehead atoms. The normalized spacial score (nSPS) is 17.8. The van der Waals surface area contributed by atoms with Crippen LogP contribution < -0.4 is 11.1 Å². The van der Waals surface area contributed by atoms with Gasteiger partial charge in [-0.2, -0.15) is 0 Å². The van der Waals surface area contributed by atoms with Crippen LogP contribution in [0.15, 0.2) is 42.5 Å². The Morgan fingerprint density at radius 1 is 1.26 bits per heavy atom. The average Bonchev–Trinajstić information content (AvgIpc) is 2.85. The number of hydrogen-bond acceptors (Lipinski definition) is 4. The fourth-order valence-corrected chi connectivity index (χ4v) is 4.96. The van der Waals surface area contributed by atoms with Crippen LogP contribution in [0.25, 0.3) is 11.1 Å². The van der Waals surface area contributed by atoms with E-state index in [1.54, 1.807) is 17.0 Å². The number of amides is 2. The number of aliphatic hydroxyl groups is 1. The third kappa shape index (κ3) is 5.74. The lowest BCUT2D eigenvalue weighted by Gasteiger charge is -2.43. The third-order valence-electron chi connectivity index (χ3n) is 6.74. The molecule has 2 atom stereocenters. The second kappa shape index (κ2) is 11.4. The van der Waals surface area contributed by atoms with Crippen molar-refractivity contribution in [2.75, 3.05) is 26.2 Å². The topological polar surface area (TPSA) is 116 Å². The van der Waals surface area contributed by atoms with Gasteiger partial charge in [-0.3, -0.25) is 4.79 Å². The van der Waals surface area contributed by atoms with E-state index in [0.717, 1.165) is 12.0 Å². The quantitative estimate of drug-likeness (QED) is 0.418. The Morgan fingerprint density at radius 2 is 2.03 bits per heavy atom. The summed E-state index contributed by atoms with van der Waals surface area (Å²) in [5.41, 5.74) is 6.65. The minimum atomic E-state index is -1.46. The molecule has 184 valence electrons. The van der Waals surface area contributed by atoms with Gasteiger partial charge in [-0.25, -0.2) is 9.18 Å². The maximum absolute atomic E-state index is 15.3. The van der Waals surface area contributed by atoms with Crippen LogP contribution in [0.5, 0.6) is 0 Å². The first-order chi connectivity index (χ1) is 16.3. The number of nitrogens with one attached hydrogen (secondary N) is 1. The standard InChI is InChI=1S/C26H34FN3O4/c1-2-18-7-3-8-19(15-18)24-21(10-4-11-22(24)27)26(34,12-6-13-29-25(32)33)20-9-5-14-30(17-20)23(31)16-28/h3-4,7-8,10-11,15,20,29,34H,2,5-6,9,12-14,16-17,28H2,1H3,(H,32,33). The molecule has 1 fully saturated rings. The first-order valence-electron chi connectivity index (χ1n) is 11.9. The second-order valence-corrected chi connectivity index (χ2v) is 8.86. The number of carbonyl (C=O) groups excluding carboxylic acids is 1. The molecule has 2 aromatic carbocycles. The lowest BCUT2D eigenvalue weighted by molar-refractivity contribution is -0.135. The molecule has 1 aliphatic heterocycles. The van der Waals surface area contributed by atoms with Crippen molar-refractivity contribution in [3.63, 3.8) is 0 Å². The molecular formula is C26H34FN3O4. The fourth-order valence-electron chi connectivity index (χ4n) is 4.96. The number of nitrogens with two attached hydrogens (primary N) is 1. The van der Waals surface area contributed by atoms with E-state index in [1.165, 1.54) is 6.07 Å². The highest BCUT2D eigenvalue weighted by Crippen LogP contribution is 2.44. The zero-order valence-corrected chi connectivity index (χ0v) is 19.6. The molecule has 1 heterocycles. The van der Waals surface area contributed by atoms with Crippen LogP contribution in [-0.4, -0.2) is 53.3 Å². The molecule has 2 amide bonds. The Bertz CT molecular complexity index is 1020. The van der Waals surface area contributed by atoms with E-state index in [4.69, 9.17) is 10.8 Å². The number of nitrogens with zero attached hydrogens (tertiary/aromatic N) is 1. The molecule has 2 unspecified atom stereocenters. The van der Waals surface area contributed by atoms with Gasteiger partial charge in [-0.05, 0) is 54.9 Å². The smallest absolute Gasteiger partial charge is 0.404 e. The highest BCUT2D eigenvalue weighted by molar-refractivity contribution is 5.78. The van der Waals surface area contributed by atoms with Gasteiger partial charge in [0.15, 0.2) is 0 Å². The van der Waals surface area contributed by atoms with Gasteiger partial charge in [0, 0.05) is 31.1 Å². The Morgan fingerprint density at radius 3 is 2.74 bits per heavy atom. The van der Waals surface area contributed by atoms with Crippen molar-refractivity contribution in [3.05, 3.63) is 59.4 Å². The number of carbonyl (C=O) groups is 2. The Kier molecular flexibility index (Phi) is 8.63. The fraction of sp³-hybridized carbons (Fsp3) is 0.462. The van der Waals surface area contributed by atoms with Crippen molar-refractivity contribution in [1.29, 1.82) is 0 Å². The van der Waals surface area contributed by atoms with Crippen LogP contribution in [0.3, 0.4) is 0 Å². The summed E-state index contributed by atoms with van der Waals surface area (Å²) in [6.07, 6.45) is 1.58. The Hall–Kier alpha value is -2.97. The molecule has 0 aromatic heterocycles. The van der Waals surface area contributed by atoms with E-state index in [-0.39, 0.29) is 31.3 Å². The maximum Gasteiger partial charge on any atom is 0.404 e. The van der Waals surface area contributed by atoms with Gasteiger partial charge in [-0.1, -0.05) is 43.3 Å². The van der Waals surface area contributed by atoms with Crippen LogP contribution in [-0.2, 0) is 16.8 Å². The number of hydrogen-bond donors (Lipinski definition) is 4. The largest absolute Gasteiger partial charge is 0.465 e. The minimum Gasteiger partial charge on any atom is -0.465 e. The number of likely N-dealkylation sites (tertiary alicyclic amines) is 1. The summed E-state index contributed by atoms with van der Waals surface area (Å²) in [6, 6.07) is 12.3. The van der Waals surface area contributed by atoms with Crippen LogP contribution in [0, 0.1) is 11.7 Å². The van der Waals surface area contributed by atoms with E-state index < -0.39 is 17.5 Å². The Balaban J connectivity index is 2.06. The highest BCUT2D eigenvalue weighted by atomic mass is 19.1. The number of aryl methyl sites for hydroxylation is 1. The van der Waals surface area contributed by atoms with Gasteiger partial charge in [-0.15, -0.1) is 0 Å². The first-order valence-corrected chi connectivity index (χ1v) is 11.9. The zero-order chi connectivity index (χ0) is 24.7. The molecule has 0 saturated carbocycles. The zero-order valence-electron chi connectivity index (χ0n) is 19.6. The lowest BCUT2D eigenvalue weighted by atomic mass is 9.72. The molecule has 2 aromatic rings. The summed E-state index contributed by atoms with van der Waals surface area (Å²) in [5, 5.41) is 23.5. The molecule has 7 nitrogen and oxygen atoms in total. The van der Waals surface area contributed by atoms with E-state index in [1.807, 2.05) is 31.2 Å². The van der Waals surface area contributed by atoms with Crippen molar-refractivity contribution < 1.29 is 24.2 Å². The second-order valence-electron chi connectivity index (χ2n) is 8.86. The molecule has 34 heavy (non-hydrogen) atoms. The van der Waals surface area contributed by atoms with E-state index in [0.29, 0.717) is 49.0 Å². The van der Waals surface area contributed by atoms with E-state index in [2.05, 4.69) is 5.32 Å². The lowest BCUT2D eigenvalue weighted by Crippen LogP contribution is -2.49. The molecule has 0 spiro atoms. The number of rotatable bonds is 9. The summed E-state index contributed by atoms with van der Waals surface area (Å²) in [7, 11) is 0. The van der Waals surface area contributed by atoms with Gasteiger partial charge in [0.2, 0.25) is 5.91 Å². The van der Waals surface area contributed by atoms with Gasteiger partial charge in [0.1, 0.15) is 5.82 Å². The molecule has 0 aliphatic carbocycles. The molecule has 1 saturated heterocycles. The van der Waals surface area contributed by atoms with Gasteiger partial charge >= 0.3 is 6.09 Å². The molecule has 3 rings (SSSR count). The van der Waals surface area contributed by atoms with Crippen LogP contribution in [0.2, 0.25) is 0 Å². The van der Waals surface area contributed by atoms with Crippen molar-refractivity contribution in [1.82, 2.24) is 10.2 Å². The van der Waals surface area contributed by atoms with Crippen molar-refractivity contribution in [3.8, 4) is 11.1 Å². The van der Waals surface area contributed by atoms with Gasteiger partial charge in [0.25, 0.3) is 0 Å². The van der Waals surface area contributed by atoms with Crippen LogP contribution in [0.4, 0.5) is 9.18 Å². The summed E-state index contributed by atoms with van der Waals surface area (Å²) in [4.78, 5) is 24.9. The molecule has 0 radical (unpaired) electrons. The number of piperidine rings is 1. The molecule has 5 N–H and O–H groups in total. The van der Waals surface area contributed by atoms with E-state index in [9.17, 15) is 14.7 Å². The van der Waals surface area contributed by atoms with Gasteiger partial charge < -0.3 is 26.2 Å². The molecule has 8 heteroatoms. The third-order valence-corrected chi connectivity index (χ3v) is 6.74. The number of carboxylic acid groups (broad SMARTS) is 1. The Labute approximate surface area is 199 Å². The summed E-state index contributed by atoms with van der Waals surface area (Å²) < 4.78 is 15.3. The summed E-state index contributed by atoms with van der Waals surface area (Å²) >= 11 is 0. The van der Waals surface area contributed by atoms with E-state index >= 15 is 4.39 Å². The van der Waals surface area contributed by atoms with Crippen molar-refractivity contribution in [2.45, 2.75) is 44.6 Å². The van der Waals surface area contributed by atoms with Crippen LogP contribution in [0.1, 0.15) is 43.7 Å². The predicted octanol–water partition coefficient (Wildman–Crippen LogP) is 3.49. The van der Waals surface area contributed by atoms with Crippen molar-refractivity contribution >= 4 is 12.0 Å². The summed E-state index contributed by atoms with van der Waals surface area (Å²) in [6.45, 7) is 2.95. The molecule has 1 aliphatic rings.